The van der Waals surface area contributed by atoms with E-state index in [0.29, 0.717) is 5.52 Å². The minimum Gasteiger partial charge on any atom is -0.378 e. The Balaban J connectivity index is 1.85. The normalized spacial score (nSPS) is 21.5. The Morgan fingerprint density at radius 2 is 2.11 bits per heavy atom. The molecule has 2 atom stereocenters. The topological polar surface area (TPSA) is 81.0 Å². The zero-order chi connectivity index (χ0) is 20.7. The Bertz CT molecular complexity index is 980. The van der Waals surface area contributed by atoms with Crippen molar-refractivity contribution in [3.05, 3.63) is 30.1 Å². The third-order valence-electron chi connectivity index (χ3n) is 5.78. The Labute approximate surface area is 166 Å². The maximum absolute atomic E-state index is 13.2. The van der Waals surface area contributed by atoms with Gasteiger partial charge in [0, 0.05) is 37.6 Å². The number of rotatable bonds is 7. The van der Waals surface area contributed by atoms with E-state index >= 15 is 0 Å². The summed E-state index contributed by atoms with van der Waals surface area (Å²) in [5.41, 5.74) is 0.482. The molecular formula is C20H29N3O4S. The van der Waals surface area contributed by atoms with Crippen LogP contribution >= 0.6 is 0 Å². The molecule has 28 heavy (non-hydrogen) atoms. The molecule has 0 N–H and O–H groups in total. The first-order chi connectivity index (χ1) is 13.1. The molecule has 1 aliphatic carbocycles. The molecule has 0 aliphatic heterocycles. The molecule has 2 heterocycles. The van der Waals surface area contributed by atoms with Crippen molar-refractivity contribution in [1.82, 2.24) is 14.3 Å². The highest BCUT2D eigenvalue weighted by atomic mass is 32.2. The average molecular weight is 408 g/mol. The fourth-order valence-electron chi connectivity index (χ4n) is 3.91. The predicted octanol–water partition coefficient (Wildman–Crippen LogP) is 2.79. The van der Waals surface area contributed by atoms with Crippen LogP contribution in [0.1, 0.15) is 50.5 Å². The van der Waals surface area contributed by atoms with Gasteiger partial charge in [-0.25, -0.2) is 13.4 Å². The number of aromatic nitrogens is 2. The van der Waals surface area contributed by atoms with Crippen LogP contribution < -0.4 is 0 Å². The smallest absolute Gasteiger partial charge is 0.274 e. The Morgan fingerprint density at radius 1 is 1.39 bits per heavy atom. The van der Waals surface area contributed by atoms with Gasteiger partial charge in [-0.3, -0.25) is 9.20 Å². The second-order valence-corrected chi connectivity index (χ2v) is 10.1. The van der Waals surface area contributed by atoms with Crippen molar-refractivity contribution in [2.75, 3.05) is 19.9 Å². The molecule has 0 aromatic carbocycles. The summed E-state index contributed by atoms with van der Waals surface area (Å²) < 4.78 is 31.6. The molecule has 0 bridgehead atoms. The van der Waals surface area contributed by atoms with Crippen LogP contribution in [-0.2, 0) is 14.6 Å². The van der Waals surface area contributed by atoms with Gasteiger partial charge in [-0.1, -0.05) is 33.3 Å². The van der Waals surface area contributed by atoms with Gasteiger partial charge >= 0.3 is 0 Å². The average Bonchev–Trinajstić information content (AvgIpc) is 3.03. The van der Waals surface area contributed by atoms with E-state index in [4.69, 9.17) is 4.74 Å². The zero-order valence-corrected chi connectivity index (χ0v) is 18.0. The molecular weight excluding hydrogens is 378 g/mol. The van der Waals surface area contributed by atoms with Crippen LogP contribution in [0.4, 0.5) is 0 Å². The largest absolute Gasteiger partial charge is 0.378 e. The van der Waals surface area contributed by atoms with E-state index in [1.54, 1.807) is 36.3 Å². The van der Waals surface area contributed by atoms with E-state index in [9.17, 15) is 13.2 Å². The minimum atomic E-state index is -3.56. The zero-order valence-electron chi connectivity index (χ0n) is 17.2. The molecule has 0 saturated heterocycles. The number of ether oxygens (including phenoxy) is 1. The van der Waals surface area contributed by atoms with Gasteiger partial charge in [0.2, 0.25) is 15.0 Å². The van der Waals surface area contributed by atoms with E-state index in [1.165, 1.54) is 4.40 Å². The van der Waals surface area contributed by atoms with E-state index in [0.717, 1.165) is 32.1 Å². The fraction of sp³-hybridized carbons (Fsp3) is 0.600. The fourth-order valence-corrected chi connectivity index (χ4v) is 4.69. The number of hydrogen-bond donors (Lipinski definition) is 0. The number of unbranched alkanes of at least 4 members (excludes halogenated alkanes) is 1. The molecule has 8 heteroatoms. The van der Waals surface area contributed by atoms with Gasteiger partial charge in [0.25, 0.3) is 5.91 Å². The highest BCUT2D eigenvalue weighted by molar-refractivity contribution is 7.90. The van der Waals surface area contributed by atoms with Crippen LogP contribution in [0.25, 0.3) is 5.52 Å². The number of carbonyl (C=O) groups excluding carboxylic acids is 1. The van der Waals surface area contributed by atoms with Crippen LogP contribution in [0.5, 0.6) is 0 Å². The summed E-state index contributed by atoms with van der Waals surface area (Å²) in [6.45, 7) is 7.08. The lowest BCUT2D eigenvalue weighted by atomic mass is 9.63. The number of imidazole rings is 1. The van der Waals surface area contributed by atoms with Crippen LogP contribution in [0.15, 0.2) is 29.6 Å². The maximum atomic E-state index is 13.2. The first-order valence-corrected chi connectivity index (χ1v) is 11.5. The monoisotopic (exact) mass is 407 g/mol. The lowest BCUT2D eigenvalue weighted by molar-refractivity contribution is -0.140. The van der Waals surface area contributed by atoms with Crippen molar-refractivity contribution in [3.63, 3.8) is 0 Å². The minimum absolute atomic E-state index is 0.00812. The van der Waals surface area contributed by atoms with Crippen molar-refractivity contribution in [2.24, 2.45) is 5.41 Å². The van der Waals surface area contributed by atoms with Crippen molar-refractivity contribution < 1.29 is 17.9 Å². The summed E-state index contributed by atoms with van der Waals surface area (Å²) >= 11 is 0. The highest BCUT2D eigenvalue weighted by Crippen LogP contribution is 2.46. The standard InChI is InChI=1S/C20H29N3O4S/c1-6-7-12-27-16-13-15(20(16,2)3)22(4)18(24)17-14-10-8-9-11-23(14)19(21-17)28(5,25)26/h8-11,15-16H,6-7,12-13H2,1-5H3. The summed E-state index contributed by atoms with van der Waals surface area (Å²) in [4.78, 5) is 19.1. The van der Waals surface area contributed by atoms with Crippen molar-refractivity contribution >= 4 is 21.3 Å². The van der Waals surface area contributed by atoms with E-state index < -0.39 is 9.84 Å². The maximum Gasteiger partial charge on any atom is 0.274 e. The number of pyridine rings is 1. The summed E-state index contributed by atoms with van der Waals surface area (Å²) in [6, 6.07) is 5.21. The van der Waals surface area contributed by atoms with Gasteiger partial charge in [0.15, 0.2) is 5.69 Å². The number of sulfone groups is 1. The van der Waals surface area contributed by atoms with E-state index in [1.807, 2.05) is 0 Å². The molecule has 1 saturated carbocycles. The van der Waals surface area contributed by atoms with E-state index in [2.05, 4.69) is 25.8 Å². The third-order valence-corrected chi connectivity index (χ3v) is 6.73. The highest BCUT2D eigenvalue weighted by Gasteiger charge is 2.52. The predicted molar refractivity (Wildman–Crippen MR) is 107 cm³/mol. The third kappa shape index (κ3) is 3.55. The van der Waals surface area contributed by atoms with Crippen molar-refractivity contribution in [3.8, 4) is 0 Å². The molecule has 7 nitrogen and oxygen atoms in total. The summed E-state index contributed by atoms with van der Waals surface area (Å²) in [5.74, 6) is -0.274. The molecule has 2 aromatic rings. The van der Waals surface area contributed by atoms with Gasteiger partial charge < -0.3 is 9.64 Å². The molecule has 2 unspecified atom stereocenters. The Hall–Kier alpha value is -1.93. The van der Waals surface area contributed by atoms with Gasteiger partial charge in [-0.15, -0.1) is 0 Å². The lowest BCUT2D eigenvalue weighted by Gasteiger charge is -2.54. The summed E-state index contributed by atoms with van der Waals surface area (Å²) in [5, 5.41) is -0.117. The van der Waals surface area contributed by atoms with Gasteiger partial charge in [-0.05, 0) is 25.0 Å². The van der Waals surface area contributed by atoms with Crippen molar-refractivity contribution in [2.45, 2.75) is 57.3 Å². The van der Waals surface area contributed by atoms with Crippen LogP contribution in [0.2, 0.25) is 0 Å². The lowest BCUT2D eigenvalue weighted by Crippen LogP contribution is -2.62. The molecule has 2 aromatic heterocycles. The number of nitrogens with zero attached hydrogens (tertiary/aromatic N) is 3. The molecule has 154 valence electrons. The van der Waals surface area contributed by atoms with E-state index in [-0.39, 0.29) is 34.3 Å². The van der Waals surface area contributed by atoms with Gasteiger partial charge in [0.1, 0.15) is 0 Å². The number of carbonyl (C=O) groups is 1. The summed E-state index contributed by atoms with van der Waals surface area (Å²) in [7, 11) is -1.81. The first kappa shape index (κ1) is 20.8. The second kappa shape index (κ2) is 7.48. The van der Waals surface area contributed by atoms with Gasteiger partial charge in [-0.2, -0.15) is 0 Å². The van der Waals surface area contributed by atoms with Crippen LogP contribution in [0, 0.1) is 5.41 Å². The first-order valence-electron chi connectivity index (χ1n) is 9.65. The molecule has 1 amide bonds. The quantitative estimate of drug-likeness (QED) is 0.659. The Kier molecular flexibility index (Phi) is 5.55. The molecule has 0 radical (unpaired) electrons. The van der Waals surface area contributed by atoms with Crippen LogP contribution in [0.3, 0.4) is 0 Å². The number of hydrogen-bond acceptors (Lipinski definition) is 5. The molecule has 1 fully saturated rings. The van der Waals surface area contributed by atoms with Crippen LogP contribution in [-0.4, -0.2) is 60.7 Å². The number of fused-ring (bicyclic) bond motifs is 1. The second-order valence-electron chi connectivity index (χ2n) is 8.17. The Morgan fingerprint density at radius 3 is 2.71 bits per heavy atom. The van der Waals surface area contributed by atoms with Gasteiger partial charge in [0.05, 0.1) is 11.6 Å². The number of amides is 1. The molecule has 3 rings (SSSR count). The SMILES string of the molecule is CCCCOC1CC(N(C)C(=O)c2nc(S(C)(=O)=O)n3ccccc23)C1(C)C. The summed E-state index contributed by atoms with van der Waals surface area (Å²) in [6.07, 6.45) is 5.71. The molecule has 1 aliphatic rings. The molecule has 0 spiro atoms. The van der Waals surface area contributed by atoms with Crippen molar-refractivity contribution in [1.29, 1.82) is 0 Å².